The molecule has 0 unspecified atom stereocenters. The van der Waals surface area contributed by atoms with Crippen LogP contribution in [0.4, 0.5) is 11.4 Å². The van der Waals surface area contributed by atoms with Gasteiger partial charge in [0.05, 0.1) is 10.8 Å². The van der Waals surface area contributed by atoms with E-state index >= 15 is 0 Å². The molecule has 2 atom stereocenters. The predicted molar refractivity (Wildman–Crippen MR) is 121 cm³/mol. The van der Waals surface area contributed by atoms with E-state index in [2.05, 4.69) is 17.0 Å². The number of carbonyl (C=O) groups is 2. The van der Waals surface area contributed by atoms with Gasteiger partial charge in [-0.05, 0) is 61.7 Å². The minimum absolute atomic E-state index is 0.0815. The zero-order chi connectivity index (χ0) is 22.6. The van der Waals surface area contributed by atoms with Crippen LogP contribution in [0.2, 0.25) is 0 Å². The van der Waals surface area contributed by atoms with Gasteiger partial charge in [0.15, 0.2) is 0 Å². The van der Waals surface area contributed by atoms with E-state index in [-0.39, 0.29) is 29.2 Å². The van der Waals surface area contributed by atoms with E-state index in [9.17, 15) is 18.0 Å². The number of aryl methyl sites for hydroxylation is 1. The second-order valence-corrected chi connectivity index (χ2v) is 9.58. The number of amides is 2. The molecule has 1 aliphatic heterocycles. The molecule has 1 heterocycles. The number of sulfonamides is 1. The summed E-state index contributed by atoms with van der Waals surface area (Å²) >= 11 is 0. The molecule has 0 aliphatic carbocycles. The van der Waals surface area contributed by atoms with Crippen molar-refractivity contribution in [1.29, 1.82) is 0 Å². The largest absolute Gasteiger partial charge is 0.326 e. The van der Waals surface area contributed by atoms with E-state index in [1.165, 1.54) is 17.7 Å². The number of nitrogens with zero attached hydrogens (tertiary/aromatic N) is 1. The second kappa shape index (κ2) is 9.62. The summed E-state index contributed by atoms with van der Waals surface area (Å²) in [5, 5.41) is 2.79. The Kier molecular flexibility index (Phi) is 7.12. The number of carbonyl (C=O) groups excluding carboxylic acids is 2. The number of anilines is 2. The molecule has 0 spiro atoms. The summed E-state index contributed by atoms with van der Waals surface area (Å²) in [5.74, 6) is -0.801. The summed E-state index contributed by atoms with van der Waals surface area (Å²) in [6.07, 6.45) is 1.76. The third kappa shape index (κ3) is 5.51. The van der Waals surface area contributed by atoms with Gasteiger partial charge in [-0.1, -0.05) is 26.0 Å². The Morgan fingerprint density at radius 2 is 1.74 bits per heavy atom. The Morgan fingerprint density at radius 1 is 1.10 bits per heavy atom. The van der Waals surface area contributed by atoms with Crippen molar-refractivity contribution in [2.24, 2.45) is 5.92 Å². The van der Waals surface area contributed by atoms with Gasteiger partial charge in [0.2, 0.25) is 21.8 Å². The molecule has 1 fully saturated rings. The van der Waals surface area contributed by atoms with Crippen molar-refractivity contribution in [1.82, 2.24) is 4.72 Å². The maximum Gasteiger partial charge on any atom is 0.240 e. The van der Waals surface area contributed by atoms with Gasteiger partial charge in [0.1, 0.15) is 0 Å². The molecule has 166 valence electrons. The molecule has 2 amide bonds. The first kappa shape index (κ1) is 23.0. The van der Waals surface area contributed by atoms with Crippen LogP contribution < -0.4 is 14.9 Å². The van der Waals surface area contributed by atoms with Gasteiger partial charge >= 0.3 is 0 Å². The smallest absolute Gasteiger partial charge is 0.240 e. The van der Waals surface area contributed by atoms with E-state index in [0.29, 0.717) is 18.7 Å². The Morgan fingerprint density at radius 3 is 2.32 bits per heavy atom. The molecule has 2 aromatic rings. The zero-order valence-electron chi connectivity index (χ0n) is 18.1. The molecule has 2 N–H and O–H groups in total. The van der Waals surface area contributed by atoms with Crippen molar-refractivity contribution < 1.29 is 18.0 Å². The quantitative estimate of drug-likeness (QED) is 0.654. The van der Waals surface area contributed by atoms with Crippen molar-refractivity contribution >= 4 is 33.2 Å². The first-order chi connectivity index (χ1) is 14.7. The second-order valence-electron chi connectivity index (χ2n) is 7.87. The highest BCUT2D eigenvalue weighted by atomic mass is 32.2. The lowest BCUT2D eigenvalue weighted by molar-refractivity contribution is -0.122. The molecule has 2 aromatic carbocycles. The van der Waals surface area contributed by atoms with E-state index in [0.717, 1.165) is 12.1 Å². The Hall–Kier alpha value is -2.71. The van der Waals surface area contributed by atoms with Gasteiger partial charge in [-0.15, -0.1) is 0 Å². The van der Waals surface area contributed by atoms with Gasteiger partial charge in [-0.2, -0.15) is 0 Å². The highest BCUT2D eigenvalue weighted by Gasteiger charge is 2.35. The number of nitrogens with one attached hydrogen (secondary N) is 2. The van der Waals surface area contributed by atoms with Crippen LogP contribution in [0.15, 0.2) is 53.4 Å². The average Bonchev–Trinajstić information content (AvgIpc) is 3.15. The lowest BCUT2D eigenvalue weighted by Crippen LogP contribution is -2.32. The number of benzene rings is 2. The van der Waals surface area contributed by atoms with Crippen LogP contribution in [0.3, 0.4) is 0 Å². The van der Waals surface area contributed by atoms with Gasteiger partial charge in [-0.25, -0.2) is 13.1 Å². The lowest BCUT2D eigenvalue weighted by atomic mass is 10.1. The molecule has 0 bridgehead atoms. The van der Waals surface area contributed by atoms with E-state index in [1.807, 2.05) is 31.2 Å². The van der Waals surface area contributed by atoms with Crippen molar-refractivity contribution in [2.45, 2.75) is 51.0 Å². The zero-order valence-corrected chi connectivity index (χ0v) is 18.9. The van der Waals surface area contributed by atoms with Crippen LogP contribution in [0, 0.1) is 5.92 Å². The topological polar surface area (TPSA) is 95.6 Å². The fraction of sp³-hybridized carbons (Fsp3) is 0.391. The average molecular weight is 444 g/mol. The molecule has 3 rings (SSSR count). The van der Waals surface area contributed by atoms with Gasteiger partial charge in [-0.3, -0.25) is 9.59 Å². The predicted octanol–water partition coefficient (Wildman–Crippen LogP) is 3.32. The van der Waals surface area contributed by atoms with Crippen LogP contribution in [0.25, 0.3) is 0 Å². The van der Waals surface area contributed by atoms with Crippen molar-refractivity contribution in [3.05, 3.63) is 54.1 Å². The van der Waals surface area contributed by atoms with Gasteiger partial charge in [0.25, 0.3) is 0 Å². The molecule has 0 saturated carbocycles. The summed E-state index contributed by atoms with van der Waals surface area (Å²) in [6.45, 7) is 6.10. The van der Waals surface area contributed by atoms with Crippen molar-refractivity contribution in [2.75, 3.05) is 16.8 Å². The Bertz CT molecular complexity index is 1030. The summed E-state index contributed by atoms with van der Waals surface area (Å²) < 4.78 is 27.3. The molecule has 0 aromatic heterocycles. The molecule has 31 heavy (non-hydrogen) atoms. The highest BCUT2D eigenvalue weighted by Crippen LogP contribution is 2.26. The van der Waals surface area contributed by atoms with E-state index < -0.39 is 15.9 Å². The van der Waals surface area contributed by atoms with Crippen LogP contribution in [-0.2, 0) is 26.0 Å². The summed E-state index contributed by atoms with van der Waals surface area (Å²) in [7, 11) is -3.60. The van der Waals surface area contributed by atoms with Crippen LogP contribution >= 0.6 is 0 Å². The minimum Gasteiger partial charge on any atom is -0.326 e. The Balaban J connectivity index is 1.63. The van der Waals surface area contributed by atoms with Crippen LogP contribution in [0.1, 0.15) is 39.2 Å². The summed E-state index contributed by atoms with van der Waals surface area (Å²) in [6, 6.07) is 13.7. The molecule has 7 nitrogen and oxygen atoms in total. The third-order valence-electron chi connectivity index (χ3n) is 5.55. The molecule has 1 aliphatic rings. The Labute approximate surface area is 183 Å². The first-order valence-corrected chi connectivity index (χ1v) is 12.0. The SMILES string of the molecule is CCc1ccc(N2C[C@H](C(=O)Nc3ccc(S(=O)(=O)N[C@@H](C)CC)cc3)CC2=O)cc1. The fourth-order valence-electron chi connectivity index (χ4n) is 3.42. The molecular formula is C23H29N3O4S. The molecule has 1 saturated heterocycles. The fourth-order valence-corrected chi connectivity index (χ4v) is 4.75. The summed E-state index contributed by atoms with van der Waals surface area (Å²) in [5.41, 5.74) is 2.47. The third-order valence-corrected chi connectivity index (χ3v) is 7.16. The van der Waals surface area contributed by atoms with Crippen molar-refractivity contribution in [3.8, 4) is 0 Å². The first-order valence-electron chi connectivity index (χ1n) is 10.6. The van der Waals surface area contributed by atoms with Crippen molar-refractivity contribution in [3.63, 3.8) is 0 Å². The molecule has 0 radical (unpaired) electrons. The standard InChI is InChI=1S/C23H29N3O4S/c1-4-16(3)25-31(29,30)21-12-8-19(9-13-21)24-23(28)18-14-22(27)26(15-18)20-10-6-17(5-2)7-11-20/h6-13,16,18,25H,4-5,14-15H2,1-3H3,(H,24,28)/t16-,18+/m0/s1. The minimum atomic E-state index is -3.60. The van der Waals surface area contributed by atoms with E-state index in [4.69, 9.17) is 0 Å². The summed E-state index contributed by atoms with van der Waals surface area (Å²) in [4.78, 5) is 26.9. The van der Waals surface area contributed by atoms with Crippen LogP contribution in [-0.4, -0.2) is 32.8 Å². The normalized spacial score (nSPS) is 17.6. The van der Waals surface area contributed by atoms with Gasteiger partial charge in [0, 0.05) is 30.4 Å². The maximum absolute atomic E-state index is 12.7. The molecule has 8 heteroatoms. The number of rotatable bonds is 8. The van der Waals surface area contributed by atoms with Crippen LogP contribution in [0.5, 0.6) is 0 Å². The lowest BCUT2D eigenvalue weighted by Gasteiger charge is -2.17. The number of hydrogen-bond acceptors (Lipinski definition) is 4. The monoisotopic (exact) mass is 443 g/mol. The highest BCUT2D eigenvalue weighted by molar-refractivity contribution is 7.89. The van der Waals surface area contributed by atoms with Gasteiger partial charge < -0.3 is 10.2 Å². The maximum atomic E-state index is 12.7. The molecular weight excluding hydrogens is 414 g/mol. The van der Waals surface area contributed by atoms with E-state index in [1.54, 1.807) is 24.0 Å². The number of hydrogen-bond donors (Lipinski definition) is 2.